The molecule has 1 aliphatic rings. The molecule has 0 spiro atoms. The summed E-state index contributed by atoms with van der Waals surface area (Å²) in [6.45, 7) is 3.92. The molecule has 3 rings (SSSR count). The van der Waals surface area contributed by atoms with Crippen LogP contribution in [-0.2, 0) is 10.0 Å². The number of fused-ring (bicyclic) bond motifs is 1. The number of methoxy groups -OCH3 is 1. The quantitative estimate of drug-likeness (QED) is 0.806. The van der Waals surface area contributed by atoms with E-state index in [0.29, 0.717) is 29.2 Å². The molecule has 29 heavy (non-hydrogen) atoms. The predicted molar refractivity (Wildman–Crippen MR) is 112 cm³/mol. The van der Waals surface area contributed by atoms with Gasteiger partial charge in [-0.3, -0.25) is 9.10 Å². The molecule has 0 fully saturated rings. The van der Waals surface area contributed by atoms with Gasteiger partial charge in [0.2, 0.25) is 10.0 Å². The molecule has 7 nitrogen and oxygen atoms in total. The highest BCUT2D eigenvalue weighted by Crippen LogP contribution is 2.41. The van der Waals surface area contributed by atoms with E-state index in [1.165, 1.54) is 7.05 Å². The van der Waals surface area contributed by atoms with Gasteiger partial charge in [-0.2, -0.15) is 0 Å². The molecule has 2 aromatic rings. The number of anilines is 1. The van der Waals surface area contributed by atoms with E-state index in [-0.39, 0.29) is 11.9 Å². The van der Waals surface area contributed by atoms with Gasteiger partial charge < -0.3 is 14.8 Å². The van der Waals surface area contributed by atoms with Crippen molar-refractivity contribution in [2.75, 3.05) is 24.7 Å². The van der Waals surface area contributed by atoms with Crippen LogP contribution in [-0.4, -0.2) is 40.3 Å². The van der Waals surface area contributed by atoms with Crippen molar-refractivity contribution in [2.24, 2.45) is 0 Å². The van der Waals surface area contributed by atoms with Gasteiger partial charge in [-0.05, 0) is 38.1 Å². The smallest absolute Gasteiger partial charge is 0.253 e. The van der Waals surface area contributed by atoms with Crippen LogP contribution < -0.4 is 19.1 Å². The van der Waals surface area contributed by atoms with E-state index < -0.39 is 15.6 Å². The van der Waals surface area contributed by atoms with Crippen LogP contribution in [0.3, 0.4) is 0 Å². The number of para-hydroxylation sites is 1. The topological polar surface area (TPSA) is 84.9 Å². The second-order valence-corrected chi connectivity index (χ2v) is 9.76. The molecule has 156 valence electrons. The molecule has 0 unspecified atom stereocenters. The number of rotatable bonds is 5. The minimum absolute atomic E-state index is 0.288. The Hall–Kier alpha value is -2.74. The number of nitrogens with one attached hydrogen (secondary N) is 1. The van der Waals surface area contributed by atoms with E-state index in [2.05, 4.69) is 5.32 Å². The number of amides is 1. The summed E-state index contributed by atoms with van der Waals surface area (Å²) in [6.07, 6.45) is 1.68. The van der Waals surface area contributed by atoms with Crippen LogP contribution in [0.4, 0.5) is 5.69 Å². The lowest BCUT2D eigenvalue weighted by atomic mass is 9.89. The highest BCUT2D eigenvalue weighted by Gasteiger charge is 2.35. The Balaban J connectivity index is 1.95. The van der Waals surface area contributed by atoms with Crippen molar-refractivity contribution in [2.45, 2.75) is 31.9 Å². The zero-order valence-electron chi connectivity index (χ0n) is 17.2. The van der Waals surface area contributed by atoms with E-state index in [9.17, 15) is 13.2 Å². The van der Waals surface area contributed by atoms with Gasteiger partial charge in [0.15, 0.2) is 0 Å². The standard InChI is InChI=1S/C21H26N2O5S/c1-21(2)13-17(15-11-10-14(27-4)12-19(15)28-21)22-20(24)16-8-6-7-9-18(16)23(3)29(5,25)26/h6-12,17H,13H2,1-5H3,(H,22,24)/t17-/m1/s1. The first-order valence-corrected chi connectivity index (χ1v) is 11.1. The molecule has 0 aromatic heterocycles. The average Bonchev–Trinajstić information content (AvgIpc) is 2.65. The van der Waals surface area contributed by atoms with Crippen molar-refractivity contribution < 1.29 is 22.7 Å². The fourth-order valence-corrected chi connectivity index (χ4v) is 3.96. The first-order chi connectivity index (χ1) is 13.5. The molecule has 2 aromatic carbocycles. The summed E-state index contributed by atoms with van der Waals surface area (Å²) in [5.74, 6) is 0.986. The molecule has 1 aliphatic heterocycles. The molecule has 0 bridgehead atoms. The second kappa shape index (κ2) is 7.59. The number of hydrogen-bond acceptors (Lipinski definition) is 5. The van der Waals surface area contributed by atoms with Gasteiger partial charge in [-0.15, -0.1) is 0 Å². The van der Waals surface area contributed by atoms with Gasteiger partial charge in [0.05, 0.1) is 30.7 Å². The zero-order chi connectivity index (χ0) is 21.4. The van der Waals surface area contributed by atoms with Gasteiger partial charge in [-0.25, -0.2) is 8.42 Å². The number of ether oxygens (including phenoxy) is 2. The monoisotopic (exact) mass is 418 g/mol. The van der Waals surface area contributed by atoms with E-state index in [1.807, 2.05) is 26.0 Å². The molecular formula is C21H26N2O5S. The first-order valence-electron chi connectivity index (χ1n) is 9.22. The lowest BCUT2D eigenvalue weighted by Crippen LogP contribution is -2.41. The van der Waals surface area contributed by atoms with Gasteiger partial charge in [0.25, 0.3) is 5.91 Å². The maximum absolute atomic E-state index is 13.1. The highest BCUT2D eigenvalue weighted by atomic mass is 32.2. The Morgan fingerprint density at radius 3 is 2.59 bits per heavy atom. The molecule has 1 amide bonds. The summed E-state index contributed by atoms with van der Waals surface area (Å²) >= 11 is 0. The zero-order valence-corrected chi connectivity index (χ0v) is 18.0. The Morgan fingerprint density at radius 1 is 1.24 bits per heavy atom. The number of hydrogen-bond donors (Lipinski definition) is 1. The second-order valence-electron chi connectivity index (χ2n) is 7.74. The van der Waals surface area contributed by atoms with Gasteiger partial charge in [-0.1, -0.05) is 12.1 Å². The summed E-state index contributed by atoms with van der Waals surface area (Å²) in [5.41, 5.74) is 0.987. The van der Waals surface area contributed by atoms with Crippen molar-refractivity contribution in [1.29, 1.82) is 0 Å². The van der Waals surface area contributed by atoms with Crippen LogP contribution in [0, 0.1) is 0 Å². The van der Waals surface area contributed by atoms with E-state index in [0.717, 1.165) is 16.1 Å². The molecule has 0 saturated carbocycles. The van der Waals surface area contributed by atoms with Crippen molar-refractivity contribution in [3.8, 4) is 11.5 Å². The number of carbonyl (C=O) groups is 1. The van der Waals surface area contributed by atoms with Gasteiger partial charge >= 0.3 is 0 Å². The Kier molecular flexibility index (Phi) is 5.49. The Labute approximate surface area is 171 Å². The molecular weight excluding hydrogens is 392 g/mol. The third-order valence-corrected chi connectivity index (χ3v) is 6.16. The lowest BCUT2D eigenvalue weighted by molar-refractivity contribution is 0.0617. The number of sulfonamides is 1. The first kappa shape index (κ1) is 21.0. The number of nitrogens with zero attached hydrogens (tertiary/aromatic N) is 1. The Bertz CT molecular complexity index is 1030. The molecule has 1 N–H and O–H groups in total. The summed E-state index contributed by atoms with van der Waals surface area (Å²) in [6, 6.07) is 11.9. The minimum atomic E-state index is -3.50. The van der Waals surface area contributed by atoms with Crippen LogP contribution in [0.15, 0.2) is 42.5 Å². The van der Waals surface area contributed by atoms with Crippen LogP contribution in [0.1, 0.15) is 42.2 Å². The molecule has 0 saturated heterocycles. The molecule has 1 heterocycles. The largest absolute Gasteiger partial charge is 0.497 e. The van der Waals surface area contributed by atoms with Crippen molar-refractivity contribution in [3.63, 3.8) is 0 Å². The Morgan fingerprint density at radius 2 is 1.93 bits per heavy atom. The predicted octanol–water partition coefficient (Wildman–Crippen LogP) is 3.12. The SMILES string of the molecule is COc1ccc2c(c1)OC(C)(C)C[C@H]2NC(=O)c1ccccc1N(C)S(C)(=O)=O. The van der Waals surface area contributed by atoms with E-state index in [4.69, 9.17) is 9.47 Å². The van der Waals surface area contributed by atoms with E-state index >= 15 is 0 Å². The average molecular weight is 419 g/mol. The fraction of sp³-hybridized carbons (Fsp3) is 0.381. The normalized spacial score (nSPS) is 17.6. The lowest BCUT2D eigenvalue weighted by Gasteiger charge is -2.38. The van der Waals surface area contributed by atoms with Crippen LogP contribution in [0.2, 0.25) is 0 Å². The van der Waals surface area contributed by atoms with E-state index in [1.54, 1.807) is 37.4 Å². The summed E-state index contributed by atoms with van der Waals surface area (Å²) < 4.78 is 36.4. The maximum atomic E-state index is 13.1. The van der Waals surface area contributed by atoms with Crippen LogP contribution in [0.25, 0.3) is 0 Å². The third-order valence-electron chi connectivity index (χ3n) is 4.97. The van der Waals surface area contributed by atoms with Crippen molar-refractivity contribution in [1.82, 2.24) is 5.32 Å². The summed E-state index contributed by atoms with van der Waals surface area (Å²) in [5, 5.41) is 3.05. The van der Waals surface area contributed by atoms with Gasteiger partial charge in [0.1, 0.15) is 17.1 Å². The number of carbonyl (C=O) groups excluding carboxylic acids is 1. The highest BCUT2D eigenvalue weighted by molar-refractivity contribution is 7.92. The third kappa shape index (κ3) is 4.48. The maximum Gasteiger partial charge on any atom is 0.253 e. The number of benzene rings is 2. The molecule has 8 heteroatoms. The summed E-state index contributed by atoms with van der Waals surface area (Å²) in [4.78, 5) is 13.1. The fourth-order valence-electron chi connectivity index (χ4n) is 3.44. The van der Waals surface area contributed by atoms with Crippen molar-refractivity contribution in [3.05, 3.63) is 53.6 Å². The molecule has 0 radical (unpaired) electrons. The minimum Gasteiger partial charge on any atom is -0.497 e. The van der Waals surface area contributed by atoms with Gasteiger partial charge in [0, 0.05) is 25.1 Å². The molecule has 0 aliphatic carbocycles. The summed E-state index contributed by atoms with van der Waals surface area (Å²) in [7, 11) is -0.482. The van der Waals surface area contributed by atoms with Crippen LogP contribution >= 0.6 is 0 Å². The van der Waals surface area contributed by atoms with Crippen LogP contribution in [0.5, 0.6) is 11.5 Å². The molecule has 1 atom stereocenters. The van der Waals surface area contributed by atoms with Crippen molar-refractivity contribution >= 4 is 21.6 Å².